The molecule has 302 valence electrons. The molecule has 3 aliphatic rings. The van der Waals surface area contributed by atoms with Crippen molar-refractivity contribution in [3.63, 3.8) is 0 Å². The van der Waals surface area contributed by atoms with Crippen LogP contribution in [0.5, 0.6) is 0 Å². The Hall–Kier alpha value is -0.600. The molecular weight excluding hydrogens is 664 g/mol. The van der Waals surface area contributed by atoms with E-state index < -0.39 is 91.7 Å². The van der Waals surface area contributed by atoms with Gasteiger partial charge >= 0.3 is 0 Å². The van der Waals surface area contributed by atoms with Crippen LogP contribution in [0.15, 0.2) is 0 Å². The van der Waals surface area contributed by atoms with E-state index in [9.17, 15) is 25.5 Å². The summed E-state index contributed by atoms with van der Waals surface area (Å²) in [7, 11) is 0. The van der Waals surface area contributed by atoms with E-state index in [1.54, 1.807) is 0 Å². The first-order chi connectivity index (χ1) is 24.5. The molecule has 15 atom stereocenters. The molecular formula is C36H72N4O11. The molecule has 0 radical (unpaired) electrons. The summed E-state index contributed by atoms with van der Waals surface area (Å²) in [5, 5.41) is 53.8. The van der Waals surface area contributed by atoms with Gasteiger partial charge in [-0.1, -0.05) is 90.9 Å². The van der Waals surface area contributed by atoms with Gasteiger partial charge in [-0.05, 0) is 19.3 Å². The van der Waals surface area contributed by atoms with Crippen LogP contribution in [0.4, 0.5) is 0 Å². The Morgan fingerprint density at radius 1 is 0.549 bits per heavy atom. The summed E-state index contributed by atoms with van der Waals surface area (Å²) in [5.74, 6) is 0. The predicted octanol–water partition coefficient (Wildman–Crippen LogP) is 0.258. The van der Waals surface area contributed by atoms with Gasteiger partial charge in [0, 0.05) is 31.8 Å². The largest absolute Gasteiger partial charge is 0.388 e. The molecule has 0 aromatic heterocycles. The van der Waals surface area contributed by atoms with Crippen molar-refractivity contribution in [3.8, 4) is 0 Å². The van der Waals surface area contributed by atoms with E-state index in [4.69, 9.17) is 51.4 Å². The molecule has 0 amide bonds. The minimum absolute atomic E-state index is 0.144. The van der Waals surface area contributed by atoms with Crippen LogP contribution in [-0.2, 0) is 28.4 Å². The van der Waals surface area contributed by atoms with Gasteiger partial charge in [-0.25, -0.2) is 0 Å². The molecule has 15 heteroatoms. The summed E-state index contributed by atoms with van der Waals surface area (Å²) < 4.78 is 36.2. The average Bonchev–Trinajstić information content (AvgIpc) is 3.11. The predicted molar refractivity (Wildman–Crippen MR) is 191 cm³/mol. The summed E-state index contributed by atoms with van der Waals surface area (Å²) in [6.07, 6.45) is 1.44. The fourth-order valence-corrected chi connectivity index (χ4v) is 7.23. The van der Waals surface area contributed by atoms with Crippen molar-refractivity contribution < 1.29 is 54.0 Å². The zero-order valence-corrected chi connectivity index (χ0v) is 31.1. The molecule has 0 spiro atoms. The molecule has 1 aliphatic carbocycles. The number of unbranched alkanes of at least 4 members (excludes halogenated alkanes) is 12. The molecule has 0 aromatic carbocycles. The lowest BCUT2D eigenvalue weighted by atomic mass is 9.84. The van der Waals surface area contributed by atoms with Crippen molar-refractivity contribution in [2.24, 2.45) is 22.9 Å². The number of aliphatic hydroxyl groups is 5. The minimum atomic E-state index is -1.64. The lowest BCUT2D eigenvalue weighted by molar-refractivity contribution is -0.333. The summed E-state index contributed by atoms with van der Waals surface area (Å²) in [6, 6.07) is -2.46. The second-order valence-electron chi connectivity index (χ2n) is 14.8. The van der Waals surface area contributed by atoms with Crippen molar-refractivity contribution in [1.82, 2.24) is 0 Å². The zero-order valence-electron chi connectivity index (χ0n) is 31.1. The molecule has 2 aliphatic heterocycles. The van der Waals surface area contributed by atoms with E-state index in [1.165, 1.54) is 57.8 Å². The van der Waals surface area contributed by atoms with Gasteiger partial charge in [-0.3, -0.25) is 0 Å². The van der Waals surface area contributed by atoms with Crippen LogP contribution in [0.1, 0.15) is 110 Å². The van der Waals surface area contributed by atoms with Crippen LogP contribution in [-0.4, -0.2) is 144 Å². The standard InChI is InChI=1S/C36H72N4O11/c1-3-5-7-9-11-13-15-17-46-21-25-34(47-18-16-14-12-10-8-6-4-2)26(40)28(42)35(49-25)50-32-22(38)19-23(39)33(31(32)45)51-36-30(44)29(43)27(41)24(20-37)48-36/h22-36,41-45H,3-21,37-40H2,1-2H3/t22-,23+,24-,25-,26-,27-,28-,29+,30-,31-,32+,33-,34-,35-,36-/m1/s1. The summed E-state index contributed by atoms with van der Waals surface area (Å²) in [5.41, 5.74) is 25.0. The Morgan fingerprint density at radius 3 is 1.59 bits per heavy atom. The highest BCUT2D eigenvalue weighted by Crippen LogP contribution is 2.32. The number of nitrogens with two attached hydrogens (primary N) is 4. The van der Waals surface area contributed by atoms with Crippen LogP contribution in [0.2, 0.25) is 0 Å². The van der Waals surface area contributed by atoms with Gasteiger partial charge in [0.05, 0.1) is 12.6 Å². The monoisotopic (exact) mass is 737 g/mol. The highest BCUT2D eigenvalue weighted by molar-refractivity contribution is 5.01. The summed E-state index contributed by atoms with van der Waals surface area (Å²) in [6.45, 7) is 5.46. The van der Waals surface area contributed by atoms with Gasteiger partial charge in [0.25, 0.3) is 0 Å². The second-order valence-corrected chi connectivity index (χ2v) is 14.8. The molecule has 3 rings (SSSR count). The third-order valence-corrected chi connectivity index (χ3v) is 10.5. The number of aliphatic hydroxyl groups excluding tert-OH is 5. The Kier molecular flexibility index (Phi) is 21.1. The van der Waals surface area contributed by atoms with Gasteiger partial charge < -0.3 is 76.9 Å². The van der Waals surface area contributed by atoms with E-state index in [1.807, 2.05) is 0 Å². The maximum Gasteiger partial charge on any atom is 0.187 e. The number of hydrogen-bond donors (Lipinski definition) is 9. The molecule has 2 saturated heterocycles. The van der Waals surface area contributed by atoms with Crippen LogP contribution >= 0.6 is 0 Å². The Bertz CT molecular complexity index is 913. The van der Waals surface area contributed by atoms with Crippen LogP contribution < -0.4 is 22.9 Å². The molecule has 3 fully saturated rings. The maximum absolute atomic E-state index is 11.5. The topological polar surface area (TPSA) is 261 Å². The SMILES string of the molecule is CCCCCCCCCOC[C@H]1O[C@H](O[C@@H]2[C@@H](O)[C@H](O[C@H]3O[C@H](CN)[C@@H](O)[C@H](O)[C@H]3O)[C@@H](N)C[C@H]2N)[C@H](O)[C@@H](N)[C@@H]1OCCCCCCCCC. The smallest absolute Gasteiger partial charge is 0.187 e. The van der Waals surface area contributed by atoms with E-state index in [2.05, 4.69) is 13.8 Å². The molecule has 0 unspecified atom stereocenters. The molecule has 1 saturated carbocycles. The van der Waals surface area contributed by atoms with Gasteiger partial charge in [-0.15, -0.1) is 0 Å². The highest BCUT2D eigenvalue weighted by atomic mass is 16.7. The quantitative estimate of drug-likeness (QED) is 0.0602. The van der Waals surface area contributed by atoms with Gasteiger partial charge in [0.1, 0.15) is 61.0 Å². The first kappa shape index (κ1) is 44.8. The van der Waals surface area contributed by atoms with E-state index in [0.29, 0.717) is 13.2 Å². The third-order valence-electron chi connectivity index (χ3n) is 10.5. The van der Waals surface area contributed by atoms with Crippen LogP contribution in [0.25, 0.3) is 0 Å². The van der Waals surface area contributed by atoms with Gasteiger partial charge in [-0.2, -0.15) is 0 Å². The average molecular weight is 737 g/mol. The summed E-state index contributed by atoms with van der Waals surface area (Å²) in [4.78, 5) is 0. The van der Waals surface area contributed by atoms with E-state index in [0.717, 1.165) is 32.1 Å². The fourth-order valence-electron chi connectivity index (χ4n) is 7.23. The second kappa shape index (κ2) is 24.0. The Labute approximate surface area is 305 Å². The van der Waals surface area contributed by atoms with Crippen molar-refractivity contribution in [2.75, 3.05) is 26.4 Å². The Balaban J connectivity index is 1.62. The summed E-state index contributed by atoms with van der Waals surface area (Å²) >= 11 is 0. The molecule has 15 nitrogen and oxygen atoms in total. The number of ether oxygens (including phenoxy) is 6. The molecule has 13 N–H and O–H groups in total. The lowest BCUT2D eigenvalue weighted by Gasteiger charge is -2.48. The van der Waals surface area contributed by atoms with E-state index in [-0.39, 0.29) is 19.6 Å². The maximum atomic E-state index is 11.5. The Morgan fingerprint density at radius 2 is 1.04 bits per heavy atom. The first-order valence-electron chi connectivity index (χ1n) is 19.7. The first-order valence-corrected chi connectivity index (χ1v) is 19.7. The molecule has 51 heavy (non-hydrogen) atoms. The normalized spacial score (nSPS) is 39.0. The molecule has 2 heterocycles. The van der Waals surface area contributed by atoms with Gasteiger partial charge in [0.15, 0.2) is 12.6 Å². The van der Waals surface area contributed by atoms with E-state index >= 15 is 0 Å². The molecule has 0 bridgehead atoms. The third kappa shape index (κ3) is 13.6. The van der Waals surface area contributed by atoms with Crippen molar-refractivity contribution >= 4 is 0 Å². The number of hydrogen-bond acceptors (Lipinski definition) is 15. The van der Waals surface area contributed by atoms with Crippen molar-refractivity contribution in [2.45, 2.75) is 202 Å². The highest BCUT2D eigenvalue weighted by Gasteiger charge is 2.52. The van der Waals surface area contributed by atoms with Crippen molar-refractivity contribution in [1.29, 1.82) is 0 Å². The minimum Gasteiger partial charge on any atom is -0.388 e. The van der Waals surface area contributed by atoms with Crippen LogP contribution in [0, 0.1) is 0 Å². The molecule has 0 aromatic rings. The number of rotatable bonds is 24. The van der Waals surface area contributed by atoms with Crippen molar-refractivity contribution in [3.05, 3.63) is 0 Å². The lowest BCUT2D eigenvalue weighted by Crippen LogP contribution is -2.68. The van der Waals surface area contributed by atoms with Crippen LogP contribution in [0.3, 0.4) is 0 Å². The zero-order chi connectivity index (χ0) is 37.3. The van der Waals surface area contributed by atoms with Gasteiger partial charge in [0.2, 0.25) is 0 Å². The fraction of sp³-hybridized carbons (Fsp3) is 1.00.